The minimum absolute atomic E-state index is 0.429. The van der Waals surface area contributed by atoms with Crippen molar-refractivity contribution in [2.45, 2.75) is 31.2 Å². The molecule has 6 heteroatoms. The fourth-order valence-corrected chi connectivity index (χ4v) is 2.36. The van der Waals surface area contributed by atoms with Gasteiger partial charge in [0, 0.05) is 6.08 Å². The van der Waals surface area contributed by atoms with Crippen LogP contribution in [0.1, 0.15) is 18.4 Å². The van der Waals surface area contributed by atoms with Gasteiger partial charge in [0.1, 0.15) is 12.2 Å². The summed E-state index contributed by atoms with van der Waals surface area (Å²) in [5.41, 5.74) is 0.751. The zero-order valence-electron chi connectivity index (χ0n) is 12.6. The van der Waals surface area contributed by atoms with Gasteiger partial charge in [0.2, 0.25) is 0 Å². The van der Waals surface area contributed by atoms with Crippen LogP contribution in [-0.2, 0) is 9.53 Å². The number of ether oxygens (including phenoxy) is 3. The first-order valence-corrected chi connectivity index (χ1v) is 7.02. The van der Waals surface area contributed by atoms with Crippen LogP contribution in [0.15, 0.2) is 24.3 Å². The highest BCUT2D eigenvalue weighted by atomic mass is 16.6. The molecule has 0 saturated heterocycles. The van der Waals surface area contributed by atoms with E-state index in [1.165, 1.54) is 13.2 Å². The molecule has 1 aromatic rings. The molecule has 1 saturated carbocycles. The third-order valence-electron chi connectivity index (χ3n) is 3.61. The smallest absolute Gasteiger partial charge is 0.331 e. The summed E-state index contributed by atoms with van der Waals surface area (Å²) in [5, 5.41) is 19.0. The van der Waals surface area contributed by atoms with E-state index in [-0.39, 0.29) is 0 Å². The van der Waals surface area contributed by atoms with Crippen molar-refractivity contribution >= 4 is 12.0 Å². The summed E-state index contributed by atoms with van der Waals surface area (Å²) in [6, 6.07) is 5.25. The number of hydrogen-bond donors (Lipinski definition) is 2. The van der Waals surface area contributed by atoms with Gasteiger partial charge in [-0.25, -0.2) is 4.79 Å². The number of aliphatic hydroxyl groups is 2. The maximum atomic E-state index is 11.7. The first-order valence-electron chi connectivity index (χ1n) is 7.02. The van der Waals surface area contributed by atoms with Crippen LogP contribution in [0.2, 0.25) is 0 Å². The number of carbonyl (C=O) groups is 1. The number of esters is 1. The quantitative estimate of drug-likeness (QED) is 0.627. The molecular weight excluding hydrogens is 288 g/mol. The first-order chi connectivity index (χ1) is 10.5. The van der Waals surface area contributed by atoms with E-state index in [2.05, 4.69) is 0 Å². The Bertz CT molecular complexity index is 554. The van der Waals surface area contributed by atoms with Crippen LogP contribution in [0.25, 0.3) is 6.08 Å². The molecule has 1 fully saturated rings. The van der Waals surface area contributed by atoms with Gasteiger partial charge in [-0.2, -0.15) is 0 Å². The monoisotopic (exact) mass is 308 g/mol. The highest BCUT2D eigenvalue weighted by Crippen LogP contribution is 2.28. The predicted octanol–water partition coefficient (Wildman–Crippen LogP) is 1.14. The lowest BCUT2D eigenvalue weighted by Crippen LogP contribution is -2.32. The second kappa shape index (κ2) is 7.29. The van der Waals surface area contributed by atoms with Gasteiger partial charge in [-0.15, -0.1) is 0 Å². The van der Waals surface area contributed by atoms with Crippen LogP contribution in [0.5, 0.6) is 11.5 Å². The molecule has 0 amide bonds. The Morgan fingerprint density at radius 2 is 1.91 bits per heavy atom. The molecule has 0 unspecified atom stereocenters. The molecule has 0 spiro atoms. The van der Waals surface area contributed by atoms with Gasteiger partial charge in [-0.05, 0) is 36.6 Å². The lowest BCUT2D eigenvalue weighted by atomic mass is 10.2. The molecule has 1 aromatic carbocycles. The molecule has 1 aliphatic carbocycles. The standard InChI is InChI=1S/C16H20O6/c1-20-12-6-3-10(9-14(12)21-2)4-8-15(18)22-13-7-5-11(17)16(13)19/h3-4,6,8-9,11,13,16-17,19H,5,7H2,1-2H3/b8-4+/t11-,13+,16-/m1/s1. The third-order valence-corrected chi connectivity index (χ3v) is 3.61. The van der Waals surface area contributed by atoms with Gasteiger partial charge in [-0.1, -0.05) is 6.07 Å². The van der Waals surface area contributed by atoms with Crippen LogP contribution < -0.4 is 9.47 Å². The fourth-order valence-electron chi connectivity index (χ4n) is 2.36. The van der Waals surface area contributed by atoms with Crippen molar-refractivity contribution < 1.29 is 29.2 Å². The highest BCUT2D eigenvalue weighted by Gasteiger charge is 2.35. The van der Waals surface area contributed by atoms with Crippen LogP contribution in [0, 0.1) is 0 Å². The second-order valence-electron chi connectivity index (χ2n) is 5.06. The average Bonchev–Trinajstić information content (AvgIpc) is 2.84. The molecule has 0 bridgehead atoms. The molecule has 0 aliphatic heterocycles. The van der Waals surface area contributed by atoms with E-state index in [1.54, 1.807) is 31.4 Å². The number of hydrogen-bond acceptors (Lipinski definition) is 6. The minimum atomic E-state index is -1.02. The van der Waals surface area contributed by atoms with Crippen molar-refractivity contribution in [1.82, 2.24) is 0 Å². The number of carbonyl (C=O) groups excluding carboxylic acids is 1. The second-order valence-corrected chi connectivity index (χ2v) is 5.06. The zero-order valence-corrected chi connectivity index (χ0v) is 12.6. The lowest BCUT2D eigenvalue weighted by Gasteiger charge is -2.15. The molecular formula is C16H20O6. The van der Waals surface area contributed by atoms with Gasteiger partial charge in [0.05, 0.1) is 20.3 Å². The summed E-state index contributed by atoms with van der Waals surface area (Å²) < 4.78 is 15.4. The van der Waals surface area contributed by atoms with E-state index < -0.39 is 24.3 Å². The topological polar surface area (TPSA) is 85.2 Å². The van der Waals surface area contributed by atoms with E-state index in [0.717, 1.165) is 5.56 Å². The van der Waals surface area contributed by atoms with E-state index in [9.17, 15) is 15.0 Å². The summed E-state index contributed by atoms with van der Waals surface area (Å²) in [5.74, 6) is 0.602. The van der Waals surface area contributed by atoms with Crippen molar-refractivity contribution in [3.8, 4) is 11.5 Å². The normalized spacial score (nSPS) is 24.5. The number of rotatable bonds is 5. The van der Waals surface area contributed by atoms with E-state index in [1.807, 2.05) is 0 Å². The molecule has 120 valence electrons. The highest BCUT2D eigenvalue weighted by molar-refractivity contribution is 5.87. The summed E-state index contributed by atoms with van der Waals surface area (Å²) >= 11 is 0. The molecule has 6 nitrogen and oxygen atoms in total. The summed E-state index contributed by atoms with van der Waals surface area (Å²) in [7, 11) is 3.08. The summed E-state index contributed by atoms with van der Waals surface area (Å²) in [6.45, 7) is 0. The van der Waals surface area contributed by atoms with Crippen molar-refractivity contribution in [2.24, 2.45) is 0 Å². The molecule has 2 N–H and O–H groups in total. The summed E-state index contributed by atoms with van der Waals surface area (Å²) in [6.07, 6.45) is 1.25. The predicted molar refractivity (Wildman–Crippen MR) is 79.7 cm³/mol. The maximum Gasteiger partial charge on any atom is 0.331 e. The van der Waals surface area contributed by atoms with Crippen LogP contribution in [-0.4, -0.2) is 48.7 Å². The van der Waals surface area contributed by atoms with Crippen molar-refractivity contribution in [2.75, 3.05) is 14.2 Å². The molecule has 2 rings (SSSR count). The van der Waals surface area contributed by atoms with Gasteiger partial charge in [-0.3, -0.25) is 0 Å². The van der Waals surface area contributed by atoms with E-state index in [0.29, 0.717) is 24.3 Å². The van der Waals surface area contributed by atoms with Crippen LogP contribution in [0.3, 0.4) is 0 Å². The summed E-state index contributed by atoms with van der Waals surface area (Å²) in [4.78, 5) is 11.7. The molecule has 1 aliphatic rings. The number of methoxy groups -OCH3 is 2. The van der Waals surface area contributed by atoms with Crippen molar-refractivity contribution in [3.05, 3.63) is 29.8 Å². The Balaban J connectivity index is 1.98. The van der Waals surface area contributed by atoms with Crippen LogP contribution in [0.4, 0.5) is 0 Å². The molecule has 3 atom stereocenters. The van der Waals surface area contributed by atoms with Crippen molar-refractivity contribution in [3.63, 3.8) is 0 Å². The zero-order chi connectivity index (χ0) is 16.1. The van der Waals surface area contributed by atoms with Gasteiger partial charge >= 0.3 is 5.97 Å². The van der Waals surface area contributed by atoms with Crippen LogP contribution >= 0.6 is 0 Å². The molecule has 0 heterocycles. The molecule has 22 heavy (non-hydrogen) atoms. The maximum absolute atomic E-state index is 11.7. The van der Waals surface area contributed by atoms with E-state index in [4.69, 9.17) is 14.2 Å². The van der Waals surface area contributed by atoms with Gasteiger partial charge in [0.25, 0.3) is 0 Å². The Hall–Kier alpha value is -2.05. The minimum Gasteiger partial charge on any atom is -0.493 e. The Kier molecular flexibility index (Phi) is 5.41. The first kappa shape index (κ1) is 16.3. The third kappa shape index (κ3) is 3.78. The fraction of sp³-hybridized carbons (Fsp3) is 0.438. The molecule has 0 aromatic heterocycles. The lowest BCUT2D eigenvalue weighted by molar-refractivity contribution is -0.148. The number of aliphatic hydroxyl groups excluding tert-OH is 2. The Labute approximate surface area is 128 Å². The molecule has 0 radical (unpaired) electrons. The van der Waals surface area contributed by atoms with Gasteiger partial charge < -0.3 is 24.4 Å². The average molecular weight is 308 g/mol. The van der Waals surface area contributed by atoms with E-state index >= 15 is 0 Å². The van der Waals surface area contributed by atoms with Gasteiger partial charge in [0.15, 0.2) is 11.5 Å². The SMILES string of the molecule is COc1ccc(/C=C/C(=O)O[C@H]2CC[C@@H](O)[C@H]2O)cc1OC. The number of benzene rings is 1. The Morgan fingerprint density at radius 3 is 2.50 bits per heavy atom. The van der Waals surface area contributed by atoms with Crippen molar-refractivity contribution in [1.29, 1.82) is 0 Å². The largest absolute Gasteiger partial charge is 0.493 e. The Morgan fingerprint density at radius 1 is 1.18 bits per heavy atom.